The van der Waals surface area contributed by atoms with Crippen LogP contribution in [0.3, 0.4) is 0 Å². The van der Waals surface area contributed by atoms with Crippen molar-refractivity contribution >= 4 is 35.3 Å². The second-order valence-corrected chi connectivity index (χ2v) is 4.82. The molecule has 0 aliphatic carbocycles. The summed E-state index contributed by atoms with van der Waals surface area (Å²) in [5, 5.41) is 0.742. The smallest absolute Gasteiger partial charge is 0.0630 e. The molecule has 0 bridgehead atoms. The SMILES string of the molecule is CSc1ccc(N=Cc2ccc(Cl)cc2)cc1. The Hall–Kier alpha value is -1.25. The molecule has 0 aromatic heterocycles. The summed E-state index contributed by atoms with van der Waals surface area (Å²) in [6.45, 7) is 0. The Bertz CT molecular complexity index is 503. The Morgan fingerprint density at radius 1 is 1.00 bits per heavy atom. The van der Waals surface area contributed by atoms with E-state index in [2.05, 4.69) is 23.4 Å². The van der Waals surface area contributed by atoms with E-state index in [0.717, 1.165) is 16.3 Å². The van der Waals surface area contributed by atoms with Crippen LogP contribution in [0.4, 0.5) is 5.69 Å². The summed E-state index contributed by atoms with van der Waals surface area (Å²) in [5.41, 5.74) is 2.00. The zero-order valence-electron chi connectivity index (χ0n) is 9.43. The molecule has 2 aromatic carbocycles. The lowest BCUT2D eigenvalue weighted by atomic mass is 10.2. The number of aliphatic imine (C=N–C) groups is 1. The first-order valence-electron chi connectivity index (χ1n) is 5.21. The number of benzene rings is 2. The van der Waals surface area contributed by atoms with Gasteiger partial charge in [0.15, 0.2) is 0 Å². The minimum Gasteiger partial charge on any atom is -0.256 e. The molecule has 0 spiro atoms. The summed E-state index contributed by atoms with van der Waals surface area (Å²) in [5.74, 6) is 0. The molecule has 2 rings (SSSR count). The molecule has 0 fully saturated rings. The third-order valence-corrected chi connectivity index (χ3v) is 3.30. The van der Waals surface area contributed by atoms with E-state index < -0.39 is 0 Å². The predicted octanol–water partition coefficient (Wildman–Crippen LogP) is 4.81. The van der Waals surface area contributed by atoms with Crippen LogP contribution in [0, 0.1) is 0 Å². The van der Waals surface area contributed by atoms with E-state index in [4.69, 9.17) is 11.6 Å². The highest BCUT2D eigenvalue weighted by Crippen LogP contribution is 2.19. The van der Waals surface area contributed by atoms with Gasteiger partial charge in [0, 0.05) is 16.1 Å². The van der Waals surface area contributed by atoms with Gasteiger partial charge in [-0.2, -0.15) is 0 Å². The fourth-order valence-corrected chi connectivity index (χ4v) is 1.90. The van der Waals surface area contributed by atoms with Gasteiger partial charge in [-0.25, -0.2) is 0 Å². The fourth-order valence-electron chi connectivity index (χ4n) is 1.37. The first kappa shape index (κ1) is 12.2. The van der Waals surface area contributed by atoms with E-state index in [0.29, 0.717) is 0 Å². The van der Waals surface area contributed by atoms with E-state index in [1.807, 2.05) is 42.6 Å². The molecule has 2 aromatic rings. The number of hydrogen-bond donors (Lipinski definition) is 0. The summed E-state index contributed by atoms with van der Waals surface area (Å²) in [6, 6.07) is 15.8. The van der Waals surface area contributed by atoms with Crippen LogP contribution in [0.2, 0.25) is 5.02 Å². The Morgan fingerprint density at radius 3 is 2.24 bits per heavy atom. The molecule has 0 saturated carbocycles. The first-order chi connectivity index (χ1) is 8.28. The average molecular weight is 262 g/mol. The molecule has 0 aliphatic heterocycles. The fraction of sp³-hybridized carbons (Fsp3) is 0.0714. The third-order valence-electron chi connectivity index (χ3n) is 2.31. The molecular weight excluding hydrogens is 250 g/mol. The van der Waals surface area contributed by atoms with Crippen molar-refractivity contribution in [2.45, 2.75) is 4.90 Å². The molecule has 3 heteroatoms. The molecular formula is C14H12ClNS. The van der Waals surface area contributed by atoms with Crippen molar-refractivity contribution in [1.82, 2.24) is 0 Å². The summed E-state index contributed by atoms with van der Waals surface area (Å²) < 4.78 is 0. The standard InChI is InChI=1S/C14H12ClNS/c1-17-14-8-6-13(7-9-14)16-10-11-2-4-12(15)5-3-11/h2-10H,1H3. The molecule has 0 heterocycles. The van der Waals surface area contributed by atoms with Gasteiger partial charge in [-0.15, -0.1) is 11.8 Å². The zero-order chi connectivity index (χ0) is 12.1. The highest BCUT2D eigenvalue weighted by Gasteiger charge is 1.91. The maximum atomic E-state index is 5.82. The number of rotatable bonds is 3. The highest BCUT2D eigenvalue weighted by atomic mass is 35.5. The number of thioether (sulfide) groups is 1. The van der Waals surface area contributed by atoms with Crippen LogP contribution in [0.1, 0.15) is 5.56 Å². The van der Waals surface area contributed by atoms with Crippen LogP contribution < -0.4 is 0 Å². The Morgan fingerprint density at radius 2 is 1.65 bits per heavy atom. The van der Waals surface area contributed by atoms with Crippen molar-refractivity contribution in [2.75, 3.05) is 6.26 Å². The van der Waals surface area contributed by atoms with Crippen molar-refractivity contribution in [2.24, 2.45) is 4.99 Å². The summed E-state index contributed by atoms with van der Waals surface area (Å²) in [6.07, 6.45) is 3.90. The summed E-state index contributed by atoms with van der Waals surface area (Å²) >= 11 is 7.54. The number of halogens is 1. The van der Waals surface area contributed by atoms with Crippen molar-refractivity contribution in [3.63, 3.8) is 0 Å². The quantitative estimate of drug-likeness (QED) is 0.570. The Labute approximate surface area is 111 Å². The second kappa shape index (κ2) is 5.89. The predicted molar refractivity (Wildman–Crippen MR) is 76.9 cm³/mol. The van der Waals surface area contributed by atoms with Gasteiger partial charge >= 0.3 is 0 Å². The molecule has 0 amide bonds. The van der Waals surface area contributed by atoms with Crippen LogP contribution in [0.15, 0.2) is 58.4 Å². The Balaban J connectivity index is 2.11. The molecule has 0 radical (unpaired) electrons. The largest absolute Gasteiger partial charge is 0.256 e. The van der Waals surface area contributed by atoms with Crippen molar-refractivity contribution in [3.8, 4) is 0 Å². The lowest BCUT2D eigenvalue weighted by molar-refractivity contribution is 1.42. The van der Waals surface area contributed by atoms with Crippen LogP contribution in [0.5, 0.6) is 0 Å². The van der Waals surface area contributed by atoms with Gasteiger partial charge in [-0.1, -0.05) is 23.7 Å². The Kier molecular flexibility index (Phi) is 4.24. The molecule has 0 N–H and O–H groups in total. The molecule has 1 nitrogen and oxygen atoms in total. The van der Waals surface area contributed by atoms with Gasteiger partial charge in [0.2, 0.25) is 0 Å². The lowest BCUT2D eigenvalue weighted by Crippen LogP contribution is -1.78. The van der Waals surface area contributed by atoms with Gasteiger partial charge in [0.25, 0.3) is 0 Å². The minimum atomic E-state index is 0.742. The van der Waals surface area contributed by atoms with Crippen molar-refractivity contribution in [1.29, 1.82) is 0 Å². The van der Waals surface area contributed by atoms with E-state index in [9.17, 15) is 0 Å². The van der Waals surface area contributed by atoms with Gasteiger partial charge in [0.1, 0.15) is 0 Å². The van der Waals surface area contributed by atoms with Gasteiger partial charge in [-0.05, 0) is 48.2 Å². The normalized spacial score (nSPS) is 10.9. The maximum absolute atomic E-state index is 5.82. The van der Waals surface area contributed by atoms with E-state index in [-0.39, 0.29) is 0 Å². The molecule has 0 aliphatic rings. The topological polar surface area (TPSA) is 12.4 Å². The maximum Gasteiger partial charge on any atom is 0.0630 e. The highest BCUT2D eigenvalue weighted by molar-refractivity contribution is 7.98. The molecule has 17 heavy (non-hydrogen) atoms. The molecule has 86 valence electrons. The summed E-state index contributed by atoms with van der Waals surface area (Å²) in [4.78, 5) is 5.65. The molecule has 0 saturated heterocycles. The van der Waals surface area contributed by atoms with E-state index in [1.165, 1.54) is 4.90 Å². The van der Waals surface area contributed by atoms with Gasteiger partial charge in [-0.3, -0.25) is 4.99 Å². The molecule has 0 unspecified atom stereocenters. The number of hydrogen-bond acceptors (Lipinski definition) is 2. The van der Waals surface area contributed by atoms with Gasteiger partial charge in [0.05, 0.1) is 5.69 Å². The van der Waals surface area contributed by atoms with E-state index in [1.54, 1.807) is 11.8 Å². The van der Waals surface area contributed by atoms with Crippen LogP contribution >= 0.6 is 23.4 Å². The zero-order valence-corrected chi connectivity index (χ0v) is 11.0. The van der Waals surface area contributed by atoms with E-state index >= 15 is 0 Å². The third kappa shape index (κ3) is 3.62. The number of nitrogens with zero attached hydrogens (tertiary/aromatic N) is 1. The van der Waals surface area contributed by atoms with Crippen LogP contribution in [-0.2, 0) is 0 Å². The van der Waals surface area contributed by atoms with Crippen LogP contribution in [-0.4, -0.2) is 12.5 Å². The van der Waals surface area contributed by atoms with Crippen LogP contribution in [0.25, 0.3) is 0 Å². The first-order valence-corrected chi connectivity index (χ1v) is 6.82. The van der Waals surface area contributed by atoms with Crippen molar-refractivity contribution < 1.29 is 0 Å². The average Bonchev–Trinajstić information content (AvgIpc) is 2.39. The van der Waals surface area contributed by atoms with Crippen molar-refractivity contribution in [3.05, 3.63) is 59.1 Å². The monoisotopic (exact) mass is 261 g/mol. The summed E-state index contributed by atoms with van der Waals surface area (Å²) in [7, 11) is 0. The lowest BCUT2D eigenvalue weighted by Gasteiger charge is -1.97. The van der Waals surface area contributed by atoms with Gasteiger partial charge < -0.3 is 0 Å². The second-order valence-electron chi connectivity index (χ2n) is 3.51. The molecule has 0 atom stereocenters. The minimum absolute atomic E-state index is 0.742.